The molecule has 180 valence electrons. The second-order valence-corrected chi connectivity index (χ2v) is 10.7. The lowest BCUT2D eigenvalue weighted by Crippen LogP contribution is -2.37. The topological polar surface area (TPSA) is 29.1 Å². The Labute approximate surface area is 208 Å². The normalized spacial score (nSPS) is 16.2. The number of rotatable bonds is 5. The first-order valence-electron chi connectivity index (χ1n) is 11.0. The Morgan fingerprint density at radius 3 is 2.53 bits per heavy atom. The standard InChI is InChI=1S/C24H25F3N3OS3/c1-5-28-15(4)14-32-21(28)13-22-30(7-3)23(31)19(34-22)10-11-20-29(6-2)17-12-16(24(25,26)27)8-9-18(17)33-20/h8-14H,5-7H2,1-4H3/q+1/b19-10-,20-11-. The van der Waals surface area contributed by atoms with Crippen molar-refractivity contribution in [3.05, 3.63) is 70.5 Å². The van der Waals surface area contributed by atoms with Crippen molar-refractivity contribution in [2.75, 3.05) is 11.4 Å². The van der Waals surface area contributed by atoms with Gasteiger partial charge in [0.05, 0.1) is 32.3 Å². The highest BCUT2D eigenvalue weighted by atomic mass is 32.2. The van der Waals surface area contributed by atoms with Crippen LogP contribution in [0.3, 0.4) is 0 Å². The van der Waals surface area contributed by atoms with E-state index >= 15 is 0 Å². The fraction of sp³-hybridized carbons (Fsp3) is 0.333. The minimum absolute atomic E-state index is 0.0603. The van der Waals surface area contributed by atoms with Crippen LogP contribution in [-0.4, -0.2) is 11.1 Å². The molecular weight excluding hydrogens is 499 g/mol. The van der Waals surface area contributed by atoms with E-state index in [0.717, 1.165) is 32.2 Å². The third-order valence-corrected chi connectivity index (χ3v) is 8.86. The maximum atomic E-state index is 13.2. The zero-order valence-corrected chi connectivity index (χ0v) is 21.7. The molecule has 4 rings (SSSR count). The van der Waals surface area contributed by atoms with E-state index < -0.39 is 11.7 Å². The maximum absolute atomic E-state index is 13.2. The average Bonchev–Trinajstić information content (AvgIpc) is 3.43. The van der Waals surface area contributed by atoms with Crippen LogP contribution < -0.4 is 24.2 Å². The van der Waals surface area contributed by atoms with E-state index in [1.165, 1.54) is 40.9 Å². The predicted octanol–water partition coefficient (Wildman–Crippen LogP) is 4.71. The van der Waals surface area contributed by atoms with Gasteiger partial charge in [-0.15, -0.1) is 11.3 Å². The lowest BCUT2D eigenvalue weighted by molar-refractivity contribution is -0.696. The summed E-state index contributed by atoms with van der Waals surface area (Å²) in [5, 5.41) is 4.00. The largest absolute Gasteiger partial charge is 0.416 e. The van der Waals surface area contributed by atoms with Crippen LogP contribution in [0.4, 0.5) is 18.9 Å². The highest BCUT2D eigenvalue weighted by molar-refractivity contribution is 8.03. The number of thioether (sulfide) groups is 1. The number of alkyl halides is 3. The third kappa shape index (κ3) is 4.63. The summed E-state index contributed by atoms with van der Waals surface area (Å²) in [5.74, 6) is 0. The minimum Gasteiger partial charge on any atom is -0.335 e. The van der Waals surface area contributed by atoms with Gasteiger partial charge in [-0.05, 0) is 51.1 Å². The van der Waals surface area contributed by atoms with Crippen LogP contribution in [0.15, 0.2) is 44.4 Å². The van der Waals surface area contributed by atoms with Crippen molar-refractivity contribution in [1.82, 2.24) is 4.57 Å². The first kappa shape index (κ1) is 24.8. The molecule has 0 unspecified atom stereocenters. The van der Waals surface area contributed by atoms with Crippen molar-refractivity contribution in [3.63, 3.8) is 0 Å². The number of anilines is 1. The molecule has 0 spiro atoms. The second kappa shape index (κ2) is 9.75. The molecule has 0 aliphatic carbocycles. The lowest BCUT2D eigenvalue weighted by atomic mass is 10.2. The van der Waals surface area contributed by atoms with Gasteiger partial charge in [-0.3, -0.25) is 9.36 Å². The van der Waals surface area contributed by atoms with E-state index in [4.69, 9.17) is 0 Å². The molecule has 10 heteroatoms. The van der Waals surface area contributed by atoms with E-state index in [0.29, 0.717) is 23.3 Å². The lowest BCUT2D eigenvalue weighted by Gasteiger charge is -2.18. The average molecular weight is 525 g/mol. The molecule has 0 fully saturated rings. The number of thiazole rings is 2. The SMILES string of the molecule is CCN1/C(=C/C=c2\s/c(=C/c3scc(C)[n+]3CC)n(CC)c2=O)Sc2ccc(C(F)(F)F)cc21. The monoisotopic (exact) mass is 524 g/mol. The number of allylic oxidation sites excluding steroid dienone is 1. The maximum Gasteiger partial charge on any atom is 0.416 e. The highest BCUT2D eigenvalue weighted by Gasteiger charge is 2.33. The van der Waals surface area contributed by atoms with Gasteiger partial charge < -0.3 is 4.90 Å². The summed E-state index contributed by atoms with van der Waals surface area (Å²) < 4.78 is 45.0. The molecule has 3 aromatic rings. The fourth-order valence-electron chi connectivity index (χ4n) is 3.90. The molecule has 4 nitrogen and oxygen atoms in total. The molecule has 1 aliphatic heterocycles. The summed E-state index contributed by atoms with van der Waals surface area (Å²) in [6.45, 7) is 9.95. The van der Waals surface area contributed by atoms with Crippen LogP contribution in [0.2, 0.25) is 0 Å². The highest BCUT2D eigenvalue weighted by Crippen LogP contribution is 2.47. The van der Waals surface area contributed by atoms with Crippen molar-refractivity contribution in [1.29, 1.82) is 0 Å². The van der Waals surface area contributed by atoms with E-state index in [2.05, 4.69) is 29.9 Å². The molecule has 2 aromatic heterocycles. The van der Waals surface area contributed by atoms with Gasteiger partial charge in [-0.1, -0.05) is 23.1 Å². The molecule has 0 bridgehead atoms. The molecule has 1 aromatic carbocycles. The van der Waals surface area contributed by atoms with Gasteiger partial charge in [-0.2, -0.15) is 17.7 Å². The zero-order valence-electron chi connectivity index (χ0n) is 19.3. The summed E-state index contributed by atoms with van der Waals surface area (Å²) in [6.07, 6.45) is 1.29. The Morgan fingerprint density at radius 1 is 1.12 bits per heavy atom. The Bertz CT molecular complexity index is 1430. The molecule has 0 atom stereocenters. The first-order valence-corrected chi connectivity index (χ1v) is 13.5. The van der Waals surface area contributed by atoms with E-state index in [-0.39, 0.29) is 5.56 Å². The summed E-state index contributed by atoms with van der Waals surface area (Å²) in [6, 6.07) is 3.82. The van der Waals surface area contributed by atoms with Gasteiger partial charge in [0.25, 0.3) is 10.6 Å². The van der Waals surface area contributed by atoms with Crippen LogP contribution in [0.5, 0.6) is 0 Å². The number of hydrogen-bond acceptors (Lipinski definition) is 5. The van der Waals surface area contributed by atoms with Crippen molar-refractivity contribution in [3.8, 4) is 0 Å². The predicted molar refractivity (Wildman–Crippen MR) is 135 cm³/mol. The number of halogens is 3. The van der Waals surface area contributed by atoms with Gasteiger partial charge in [0.2, 0.25) is 0 Å². The van der Waals surface area contributed by atoms with Gasteiger partial charge in [-0.25, -0.2) is 0 Å². The molecule has 0 radical (unpaired) electrons. The van der Waals surface area contributed by atoms with Gasteiger partial charge in [0, 0.05) is 24.9 Å². The number of benzene rings is 1. The molecule has 1 aliphatic rings. The van der Waals surface area contributed by atoms with Crippen LogP contribution >= 0.6 is 34.4 Å². The van der Waals surface area contributed by atoms with Crippen LogP contribution in [-0.2, 0) is 19.3 Å². The number of aromatic nitrogens is 2. The Balaban J connectivity index is 1.76. The zero-order chi connectivity index (χ0) is 24.6. The number of hydrogen-bond donors (Lipinski definition) is 0. The molecule has 3 heterocycles. The van der Waals surface area contributed by atoms with Crippen molar-refractivity contribution in [2.24, 2.45) is 0 Å². The molecule has 0 amide bonds. The molecule has 0 N–H and O–H groups in total. The molecule has 34 heavy (non-hydrogen) atoms. The summed E-state index contributed by atoms with van der Waals surface area (Å²) >= 11 is 4.49. The van der Waals surface area contributed by atoms with Gasteiger partial charge in [0.15, 0.2) is 5.69 Å². The van der Waals surface area contributed by atoms with Crippen LogP contribution in [0.1, 0.15) is 37.0 Å². The molecule has 0 saturated carbocycles. The minimum atomic E-state index is -4.39. The van der Waals surface area contributed by atoms with Crippen molar-refractivity contribution >= 4 is 52.3 Å². The van der Waals surface area contributed by atoms with Crippen LogP contribution in [0.25, 0.3) is 12.2 Å². The fourth-order valence-corrected chi connectivity index (χ4v) is 7.13. The summed E-state index contributed by atoms with van der Waals surface area (Å²) in [5.41, 5.74) is 1.01. The van der Waals surface area contributed by atoms with E-state index in [9.17, 15) is 18.0 Å². The summed E-state index contributed by atoms with van der Waals surface area (Å²) in [4.78, 5) is 15.7. The molecular formula is C24H25F3N3OS3+. The number of nitrogens with zero attached hydrogens (tertiary/aromatic N) is 3. The first-order chi connectivity index (χ1) is 16.2. The quantitative estimate of drug-likeness (QED) is 0.453. The second-order valence-electron chi connectivity index (χ2n) is 7.66. The smallest absolute Gasteiger partial charge is 0.335 e. The third-order valence-electron chi connectivity index (χ3n) is 5.61. The number of aryl methyl sites for hydroxylation is 1. The van der Waals surface area contributed by atoms with Gasteiger partial charge >= 0.3 is 6.18 Å². The van der Waals surface area contributed by atoms with Crippen molar-refractivity contribution in [2.45, 2.75) is 51.9 Å². The Kier molecular flexibility index (Phi) is 7.12. The molecule has 0 saturated heterocycles. The number of fused-ring (bicyclic) bond motifs is 1. The van der Waals surface area contributed by atoms with Crippen LogP contribution in [0, 0.1) is 6.92 Å². The summed E-state index contributed by atoms with van der Waals surface area (Å²) in [7, 11) is 0. The van der Waals surface area contributed by atoms with E-state index in [1.807, 2.05) is 24.8 Å². The van der Waals surface area contributed by atoms with Crippen molar-refractivity contribution < 1.29 is 17.7 Å². The Hall–Kier alpha value is -2.30. The van der Waals surface area contributed by atoms with Gasteiger partial charge in [0.1, 0.15) is 11.2 Å². The van der Waals surface area contributed by atoms with E-state index in [1.54, 1.807) is 22.0 Å². The Morgan fingerprint density at radius 2 is 1.88 bits per heavy atom.